The summed E-state index contributed by atoms with van der Waals surface area (Å²) in [6.45, 7) is 11.4. The van der Waals surface area contributed by atoms with Gasteiger partial charge in [-0.05, 0) is 86.2 Å². The summed E-state index contributed by atoms with van der Waals surface area (Å²) in [5.74, 6) is -0.511. The smallest absolute Gasteiger partial charge is 0.258 e. The molecule has 1 amide bonds. The number of nitrogens with zero attached hydrogens (tertiary/aromatic N) is 1. The Kier molecular flexibility index (Phi) is 11.5. The second-order valence-electron chi connectivity index (χ2n) is 14.6. The van der Waals surface area contributed by atoms with Crippen molar-refractivity contribution < 1.29 is 23.4 Å². The number of hydrogen-bond acceptors (Lipinski definition) is 4. The molecule has 6 nitrogen and oxygen atoms in total. The highest BCUT2D eigenvalue weighted by Gasteiger charge is 2.35. The molecular weight excluding hydrogens is 639 g/mol. The van der Waals surface area contributed by atoms with Gasteiger partial charge in [0.1, 0.15) is 5.82 Å². The number of nitrogens with one attached hydrogen (secondary N) is 1. The maximum absolute atomic E-state index is 14.5. The molecule has 0 aliphatic carbocycles. The molecule has 0 unspecified atom stereocenters. The number of anilines is 1. The van der Waals surface area contributed by atoms with E-state index in [2.05, 4.69) is 35.9 Å². The topological polar surface area (TPSA) is 61.7 Å². The van der Waals surface area contributed by atoms with Crippen molar-refractivity contribution in [2.75, 3.05) is 5.32 Å². The lowest BCUT2D eigenvalue weighted by Gasteiger charge is -2.38. The highest BCUT2D eigenvalue weighted by molar-refractivity contribution is 6.12. The van der Waals surface area contributed by atoms with Crippen LogP contribution in [0.1, 0.15) is 81.4 Å². The number of aromatic nitrogens is 1. The zero-order chi connectivity index (χ0) is 36.0. The minimum Gasteiger partial charge on any atom is -0.373 e. The third kappa shape index (κ3) is 9.22. The summed E-state index contributed by atoms with van der Waals surface area (Å²) < 4.78 is 36.1. The van der Waals surface area contributed by atoms with Crippen LogP contribution in [-0.4, -0.2) is 34.6 Å². The predicted octanol–water partition coefficient (Wildman–Crippen LogP) is 10.6. The molecule has 1 aromatic heterocycles. The molecule has 1 aliphatic rings. The minimum absolute atomic E-state index is 0.00983. The summed E-state index contributed by atoms with van der Waals surface area (Å²) in [6, 6.07) is 36.3. The molecular formula is C44H49FN2O4. The van der Waals surface area contributed by atoms with Gasteiger partial charge in [0.25, 0.3) is 5.91 Å². The van der Waals surface area contributed by atoms with E-state index < -0.39 is 6.29 Å². The molecule has 2 heterocycles. The van der Waals surface area contributed by atoms with E-state index >= 15 is 0 Å². The van der Waals surface area contributed by atoms with Crippen LogP contribution >= 0.6 is 0 Å². The van der Waals surface area contributed by atoms with E-state index in [1.165, 1.54) is 12.1 Å². The summed E-state index contributed by atoms with van der Waals surface area (Å²) in [5.41, 5.74) is 6.43. The predicted molar refractivity (Wildman–Crippen MR) is 202 cm³/mol. The largest absolute Gasteiger partial charge is 0.373 e. The van der Waals surface area contributed by atoms with E-state index in [1.54, 1.807) is 12.1 Å². The van der Waals surface area contributed by atoms with Crippen LogP contribution in [0.5, 0.6) is 0 Å². The Hall–Kier alpha value is -4.56. The van der Waals surface area contributed by atoms with Crippen molar-refractivity contribution in [2.24, 2.45) is 0 Å². The molecule has 4 aromatic carbocycles. The zero-order valence-corrected chi connectivity index (χ0v) is 30.3. The SMILES string of the molecule is CC(C)c1c(C(=O)Nc2ccccc2)c(-c2ccccc2)c(-c2ccc(F)cc2)n1CC[C@@H]1C[C@@H](OCc2ccccc2)C[C@@H](OC(C)(C)C)O1. The van der Waals surface area contributed by atoms with Gasteiger partial charge in [-0.25, -0.2) is 4.39 Å². The lowest BCUT2D eigenvalue weighted by atomic mass is 9.94. The summed E-state index contributed by atoms with van der Waals surface area (Å²) in [7, 11) is 0. The van der Waals surface area contributed by atoms with Gasteiger partial charge in [-0.15, -0.1) is 0 Å². The molecule has 5 aromatic rings. The maximum Gasteiger partial charge on any atom is 0.258 e. The van der Waals surface area contributed by atoms with E-state index in [9.17, 15) is 9.18 Å². The van der Waals surface area contributed by atoms with Crippen molar-refractivity contribution in [1.29, 1.82) is 0 Å². The molecule has 1 N–H and O–H groups in total. The van der Waals surface area contributed by atoms with Crippen LogP contribution in [0.2, 0.25) is 0 Å². The van der Waals surface area contributed by atoms with Crippen molar-refractivity contribution in [3.05, 3.63) is 138 Å². The normalized spacial score (nSPS) is 17.8. The molecule has 3 atom stereocenters. The van der Waals surface area contributed by atoms with E-state index in [1.807, 2.05) is 99.6 Å². The van der Waals surface area contributed by atoms with Gasteiger partial charge in [0.15, 0.2) is 6.29 Å². The Balaban J connectivity index is 1.40. The fraction of sp³-hybridized carbons (Fsp3) is 0.341. The number of ether oxygens (including phenoxy) is 3. The molecule has 266 valence electrons. The number of carbonyl (C=O) groups is 1. The third-order valence-corrected chi connectivity index (χ3v) is 9.10. The zero-order valence-electron chi connectivity index (χ0n) is 30.3. The molecule has 0 spiro atoms. The number of halogens is 1. The Morgan fingerprint density at radius 3 is 2.12 bits per heavy atom. The molecule has 6 rings (SSSR count). The quantitative estimate of drug-likeness (QED) is 0.142. The molecule has 1 aliphatic heterocycles. The van der Waals surface area contributed by atoms with Gasteiger partial charge >= 0.3 is 0 Å². The van der Waals surface area contributed by atoms with Crippen molar-refractivity contribution in [2.45, 2.75) is 97.0 Å². The van der Waals surface area contributed by atoms with Gasteiger partial charge in [-0.1, -0.05) is 92.7 Å². The average molecular weight is 689 g/mol. The van der Waals surface area contributed by atoms with E-state index in [4.69, 9.17) is 14.2 Å². The Morgan fingerprint density at radius 2 is 1.49 bits per heavy atom. The molecule has 0 radical (unpaired) electrons. The van der Waals surface area contributed by atoms with Crippen molar-refractivity contribution >= 4 is 11.6 Å². The molecule has 1 fully saturated rings. The highest BCUT2D eigenvalue weighted by Crippen LogP contribution is 2.43. The van der Waals surface area contributed by atoms with Crippen molar-refractivity contribution in [3.63, 3.8) is 0 Å². The minimum atomic E-state index is -0.414. The van der Waals surface area contributed by atoms with Gasteiger partial charge in [0, 0.05) is 36.3 Å². The monoisotopic (exact) mass is 688 g/mol. The van der Waals surface area contributed by atoms with E-state index in [0.29, 0.717) is 43.7 Å². The first-order chi connectivity index (χ1) is 24.6. The van der Waals surface area contributed by atoms with E-state index in [-0.39, 0.29) is 35.5 Å². The molecule has 0 bridgehead atoms. The second-order valence-corrected chi connectivity index (χ2v) is 14.6. The third-order valence-electron chi connectivity index (χ3n) is 9.10. The summed E-state index contributed by atoms with van der Waals surface area (Å²) in [5, 5.41) is 3.16. The molecule has 1 saturated heterocycles. The van der Waals surface area contributed by atoms with Crippen LogP contribution < -0.4 is 5.32 Å². The van der Waals surface area contributed by atoms with Gasteiger partial charge in [-0.2, -0.15) is 0 Å². The number of hydrogen-bond donors (Lipinski definition) is 1. The van der Waals surface area contributed by atoms with Crippen LogP contribution in [0.15, 0.2) is 115 Å². The number of rotatable bonds is 12. The van der Waals surface area contributed by atoms with Crippen LogP contribution in [0.25, 0.3) is 22.4 Å². The van der Waals surface area contributed by atoms with Crippen LogP contribution in [0.3, 0.4) is 0 Å². The summed E-state index contributed by atoms with van der Waals surface area (Å²) >= 11 is 0. The maximum atomic E-state index is 14.5. The first-order valence-corrected chi connectivity index (χ1v) is 18.0. The van der Waals surface area contributed by atoms with Gasteiger partial charge in [-0.3, -0.25) is 4.79 Å². The first-order valence-electron chi connectivity index (χ1n) is 18.0. The van der Waals surface area contributed by atoms with E-state index in [0.717, 1.165) is 33.6 Å². The lowest BCUT2D eigenvalue weighted by molar-refractivity contribution is -0.256. The average Bonchev–Trinajstić information content (AvgIpc) is 3.46. The number of carbonyl (C=O) groups excluding carboxylic acids is 1. The fourth-order valence-electron chi connectivity index (χ4n) is 6.99. The van der Waals surface area contributed by atoms with Crippen molar-refractivity contribution in [1.82, 2.24) is 4.57 Å². The van der Waals surface area contributed by atoms with Crippen LogP contribution in [0, 0.1) is 5.82 Å². The summed E-state index contributed by atoms with van der Waals surface area (Å²) in [6.07, 6.45) is 1.40. The molecule has 7 heteroatoms. The van der Waals surface area contributed by atoms with Gasteiger partial charge in [0.2, 0.25) is 0 Å². The van der Waals surface area contributed by atoms with Gasteiger partial charge < -0.3 is 24.1 Å². The van der Waals surface area contributed by atoms with Crippen LogP contribution in [0.4, 0.5) is 10.1 Å². The highest BCUT2D eigenvalue weighted by atomic mass is 19.1. The lowest BCUT2D eigenvalue weighted by Crippen LogP contribution is -2.42. The Morgan fingerprint density at radius 1 is 0.863 bits per heavy atom. The standard InChI is InChI=1S/C44H49FN2O4/c1-30(2)41-40(43(48)46-35-19-13-8-14-20-35)39(32-17-11-7-12-18-32)42(33-21-23-34(45)24-22-33)47(41)26-25-36-27-37(28-38(50-36)51-44(3,4)5)49-29-31-15-9-6-10-16-31/h6-24,30,36-38H,25-29H2,1-5H3,(H,46,48)/t36-,37-,38-/m1/s1. The Bertz CT molecular complexity index is 1870. The van der Waals surface area contributed by atoms with Crippen LogP contribution in [-0.2, 0) is 27.4 Å². The number of para-hydroxylation sites is 1. The fourth-order valence-corrected chi connectivity index (χ4v) is 6.99. The summed E-state index contributed by atoms with van der Waals surface area (Å²) in [4.78, 5) is 14.5. The molecule has 0 saturated carbocycles. The molecule has 51 heavy (non-hydrogen) atoms. The number of amides is 1. The second kappa shape index (κ2) is 16.2. The first kappa shape index (κ1) is 36.2. The van der Waals surface area contributed by atoms with Crippen molar-refractivity contribution in [3.8, 4) is 22.4 Å². The van der Waals surface area contributed by atoms with Gasteiger partial charge in [0.05, 0.1) is 35.7 Å². The Labute approximate surface area is 301 Å². The number of benzene rings is 4.